The van der Waals surface area contributed by atoms with E-state index in [2.05, 4.69) is 47.9 Å². The van der Waals surface area contributed by atoms with Crippen molar-refractivity contribution in [1.29, 1.82) is 0 Å². The lowest BCUT2D eigenvalue weighted by atomic mass is 9.83. The number of nitrogens with zero attached hydrogens (tertiary/aromatic N) is 2. The molecular weight excluding hydrogens is 1880 g/mol. The number of hydrogen-bond donors (Lipinski definition) is 15. The molecule has 0 aromatic heterocycles. The lowest BCUT2D eigenvalue weighted by Crippen LogP contribution is -2.63. The van der Waals surface area contributed by atoms with Gasteiger partial charge in [-0.2, -0.15) is 0 Å². The molecule has 138 heavy (non-hydrogen) atoms. The number of amides is 12. The number of primary amides is 1. The van der Waals surface area contributed by atoms with Gasteiger partial charge in [0.1, 0.15) is 82.7 Å². The zero-order chi connectivity index (χ0) is 102. The van der Waals surface area contributed by atoms with E-state index in [1.165, 1.54) is 59.2 Å². The van der Waals surface area contributed by atoms with Gasteiger partial charge in [-0.1, -0.05) is 186 Å². The maximum atomic E-state index is 15.5. The fraction of sp³-hybridized carbons (Fsp3) is 0.546. The zero-order valence-electron chi connectivity index (χ0n) is 80.5. The fourth-order valence-corrected chi connectivity index (χ4v) is 21.9. The Morgan fingerprint density at radius 3 is 2.14 bits per heavy atom. The minimum absolute atomic E-state index is 0.00407. The van der Waals surface area contributed by atoms with Crippen LogP contribution in [0.1, 0.15) is 155 Å². The minimum Gasteiger partial charge on any atom is -0.508 e. The second kappa shape index (κ2) is 50.7. The summed E-state index contributed by atoms with van der Waals surface area (Å²) in [5, 5.41) is 58.7. The molecule has 4 aromatic carbocycles. The molecule has 754 valence electrons. The van der Waals surface area contributed by atoms with E-state index < -0.39 is 220 Å². The molecule has 36 nitrogen and oxygen atoms in total. The molecule has 3 fully saturated rings. The number of Topliss-reactive ketones (excluding diaryl/α,β-unsaturated/α-hetero) is 1. The van der Waals surface area contributed by atoms with Crippen molar-refractivity contribution in [3.8, 4) is 11.5 Å². The molecule has 4 bridgehead atoms. The molecule has 0 spiro atoms. The average molecular weight is 2010 g/mol. The minimum atomic E-state index is -1.97. The summed E-state index contributed by atoms with van der Waals surface area (Å²) in [4.78, 5) is 206. The quantitative estimate of drug-likeness (QED) is 0.0116. The third-order valence-corrected chi connectivity index (χ3v) is 31.5. The number of alkyl carbamates (subject to hydrolysis) is 1. The molecule has 3 saturated heterocycles. The van der Waals surface area contributed by atoms with Crippen LogP contribution in [0.3, 0.4) is 0 Å². The first-order valence-electron chi connectivity index (χ1n) is 46.1. The Balaban J connectivity index is 0.960. The predicted molar refractivity (Wildman–Crippen MR) is 529 cm³/mol. The lowest BCUT2D eigenvalue weighted by Gasteiger charge is -2.42. The Labute approximate surface area is 825 Å². The molecule has 0 saturated carbocycles. The number of nitrogens with two attached hydrogens (primary N) is 3. The summed E-state index contributed by atoms with van der Waals surface area (Å²) in [6.07, 6.45) is -0.813. The molecule has 0 radical (unpaired) electrons. The number of nitrogens with one attached hydrogen (secondary N) is 9. The number of aromatic hydroxyl groups is 1. The highest BCUT2D eigenvalue weighted by atomic mass is 35.5. The van der Waals surface area contributed by atoms with E-state index in [9.17, 15) is 53.7 Å². The lowest BCUT2D eigenvalue weighted by molar-refractivity contribution is -0.162. The molecule has 12 amide bonds. The number of likely N-dealkylation sites (N-methyl/N-ethyl adjacent to an activating group) is 1. The molecule has 4 heterocycles. The van der Waals surface area contributed by atoms with Gasteiger partial charge in [0.25, 0.3) is 0 Å². The number of epoxide rings is 1. The second-order valence-corrected chi connectivity index (χ2v) is 43.2. The first-order valence-corrected chi connectivity index (χ1v) is 51.3. The number of anilines is 1. The molecule has 19 atom stereocenters. The van der Waals surface area contributed by atoms with Crippen LogP contribution in [0.2, 0.25) is 5.02 Å². The number of esters is 1. The van der Waals surface area contributed by atoms with Crippen LogP contribution in [-0.2, 0) is 107 Å². The van der Waals surface area contributed by atoms with E-state index in [0.717, 1.165) is 64.8 Å². The van der Waals surface area contributed by atoms with E-state index in [1.54, 1.807) is 122 Å². The largest absolute Gasteiger partial charge is 0.508 e. The number of ketones is 1. The van der Waals surface area contributed by atoms with Gasteiger partial charge in [-0.15, -0.1) is 0 Å². The summed E-state index contributed by atoms with van der Waals surface area (Å²) in [5.41, 5.74) is 20.8. The number of carbonyl (C=O) groups is 14. The van der Waals surface area contributed by atoms with E-state index in [4.69, 9.17) is 52.5 Å². The maximum Gasteiger partial charge on any atom is 0.409 e. The molecule has 9 rings (SSSR count). The third kappa shape index (κ3) is 30.4. The van der Waals surface area contributed by atoms with Gasteiger partial charge in [-0.05, 0) is 156 Å². The van der Waals surface area contributed by atoms with Crippen molar-refractivity contribution in [1.82, 2.24) is 52.8 Å². The fourth-order valence-electron chi connectivity index (χ4n) is 16.6. The van der Waals surface area contributed by atoms with Crippen LogP contribution in [0, 0.1) is 23.7 Å². The van der Waals surface area contributed by atoms with Crippen molar-refractivity contribution in [2.75, 3.05) is 57.0 Å². The van der Waals surface area contributed by atoms with Crippen LogP contribution < -0.4 is 74.7 Å². The Kier molecular flexibility index (Phi) is 40.9. The summed E-state index contributed by atoms with van der Waals surface area (Å²) in [7, 11) is 9.74. The number of allylic oxidation sites excluding steroid dienone is 4. The van der Waals surface area contributed by atoms with Crippen LogP contribution in [0.4, 0.5) is 10.5 Å². The summed E-state index contributed by atoms with van der Waals surface area (Å²) >= 11 is 6.92. The van der Waals surface area contributed by atoms with Gasteiger partial charge in [0.15, 0.2) is 11.5 Å². The van der Waals surface area contributed by atoms with Crippen LogP contribution in [-0.4, -0.2) is 262 Å². The highest BCUT2D eigenvalue weighted by Gasteiger charge is 2.65. The van der Waals surface area contributed by atoms with Crippen molar-refractivity contribution in [2.24, 2.45) is 40.9 Å². The highest BCUT2D eigenvalue weighted by molar-refractivity contribution is 8.77. The van der Waals surface area contributed by atoms with Gasteiger partial charge in [0.05, 0.1) is 49.6 Å². The van der Waals surface area contributed by atoms with Crippen LogP contribution in [0.5, 0.6) is 11.5 Å². The summed E-state index contributed by atoms with van der Waals surface area (Å²) < 4.78 is 28.5. The number of unbranched alkanes of at least 4 members (excludes halogenated alkanes) is 1. The monoisotopic (exact) mass is 2010 g/mol. The molecule has 0 unspecified atom stereocenters. The number of phenolic OH excluding ortho intramolecular Hbond substituents is 1. The zero-order valence-corrected chi connectivity index (χ0v) is 84.5. The topological polar surface area (TPSA) is 542 Å². The van der Waals surface area contributed by atoms with Crippen molar-refractivity contribution < 1.29 is 106 Å². The molecular formula is C97H133ClN14O22S4. The Morgan fingerprint density at radius 1 is 0.804 bits per heavy atom. The van der Waals surface area contributed by atoms with Gasteiger partial charge >= 0.3 is 12.1 Å². The average Bonchev–Trinajstić information content (AvgIpc) is 1.57. The molecule has 18 N–H and O–H groups in total. The number of rotatable bonds is 33. The standard InChI is InChI=1S/C97H133ClN14O22S4/c1-51(2)79(100)90(124)107-80(52(3)4)91(125)102-38-22-21-29-66-87(121)108-81(56(8)113)92(126)106-69(50-137-136-49-68(105-86(120)65(99)42-57-25-17-16-18-26-57)71(115)46-62(41-58-31-35-63(114)36-32-58)85(119)104-67(88(122)103-66)45-61-34-33-60-27-19-20-28-64(60)61)89(123)109-82(84(101)118)95(9,10)138-135-39-37-76(116)111(12)55(7)93(127)133-75-47-77(117)112(13)70-43-59(44-72(130-14)78(70)98)40-53(5)24-23-30-74(131-15)97(129)48-73(132-94(128)110-97)54(6)83-96(75,11)134-83/h16-20,23-28,30-32,34-36,43-44,51-52,54-56,62,65-69,73-75,79-83,113-114,129H,21-22,29,33,37-42,45-50,99-100H2,1-15H3,(H2,101,118)(H,102,125)(H,103,122)(H,104,119)(H,105,120)(H,106,126)(H,107,124)(H,108,121)(H,109,123)(H,110,128)/b30-23+,53-24+/t54-,55+,56-,62-,65-,66+,67-,68+,69+,73+,74-,75+,79+,80+,81+,82-,83+,96+,97+/m1/s1. The van der Waals surface area contributed by atoms with Gasteiger partial charge in [0.2, 0.25) is 65.0 Å². The number of benzene rings is 4. The normalized spacial score (nSPS) is 25.7. The van der Waals surface area contributed by atoms with Crippen LogP contribution >= 0.6 is 54.8 Å². The van der Waals surface area contributed by atoms with Gasteiger partial charge < -0.3 is 109 Å². The van der Waals surface area contributed by atoms with E-state index in [-0.39, 0.29) is 103 Å². The first kappa shape index (κ1) is 111. The molecule has 4 aliphatic heterocycles. The van der Waals surface area contributed by atoms with Gasteiger partial charge in [0, 0.05) is 87.3 Å². The summed E-state index contributed by atoms with van der Waals surface area (Å²) in [6, 6.07) is 11.6. The SMILES string of the molecule is COc1cc2cc(c1Cl)N(C)C(=O)C[C@H](OC(=O)[C@H](C)N(C)C(=O)CCSSC(C)(C)[C@H](NC(=O)[C@@H]1CSSC[C@H](NC(=O)[C@H](N)Cc3ccccc3)C(=O)C[C@@H](Cc3ccc(O)cc3)C(=O)N[C@H](CC3=CCc4ccccc43)C(=O)N[C@@H](CCCCNC(=O)[C@@H](NC(=O)[C@@H](N)C(C)C)C(C)C)C(=O)N[C@@H]([C@@H](C)O)C(=O)N1)C(N)=O)[C@]1(C)O[C@H]1[C@H](C)[C@@H]1C[C@@](O)(NC(=O)O1)[C@H](OC)/C=C/C=C(\C)C2. The number of hydrogen-bond acceptors (Lipinski definition) is 28. The summed E-state index contributed by atoms with van der Waals surface area (Å²) in [5.74, 6) is -13.5. The number of phenols is 1. The number of aliphatic hydroxyl groups is 2. The van der Waals surface area contributed by atoms with Gasteiger partial charge in [-0.25, -0.2) is 9.59 Å². The van der Waals surface area contributed by atoms with E-state index in [0.29, 0.717) is 35.1 Å². The molecule has 41 heteroatoms. The smallest absolute Gasteiger partial charge is 0.409 e. The number of ether oxygens (including phenoxy) is 5. The van der Waals surface area contributed by atoms with E-state index in [1.807, 2.05) is 43.3 Å². The van der Waals surface area contributed by atoms with Gasteiger partial charge in [-0.3, -0.25) is 62.9 Å². The van der Waals surface area contributed by atoms with Crippen LogP contribution in [0.25, 0.3) is 5.57 Å². The van der Waals surface area contributed by atoms with Crippen molar-refractivity contribution in [2.45, 2.75) is 260 Å². The highest BCUT2D eigenvalue weighted by Crippen LogP contribution is 2.50. The predicted octanol–water partition coefficient (Wildman–Crippen LogP) is 5.77. The number of methoxy groups -OCH3 is 2. The number of fused-ring (bicyclic) bond motifs is 6. The first-order chi connectivity index (χ1) is 65.2. The summed E-state index contributed by atoms with van der Waals surface area (Å²) in [6.45, 7) is 18.0. The number of aliphatic hydroxyl groups excluding tert-OH is 1. The molecule has 5 aliphatic rings. The third-order valence-electron chi connectivity index (χ3n) is 25.4. The Hall–Kier alpha value is -10.3. The molecule has 4 aromatic rings. The second-order valence-electron chi connectivity index (χ2n) is 37.2. The van der Waals surface area contributed by atoms with Crippen molar-refractivity contribution in [3.63, 3.8) is 0 Å². The number of halogens is 1. The van der Waals surface area contributed by atoms with Crippen molar-refractivity contribution in [3.05, 3.63) is 154 Å². The van der Waals surface area contributed by atoms with Crippen LogP contribution in [0.15, 0.2) is 121 Å². The maximum absolute atomic E-state index is 15.5. The van der Waals surface area contributed by atoms with E-state index >= 15 is 28.8 Å². The molecule has 1 aliphatic carbocycles. The Bertz CT molecular complexity index is 5130. The number of carbonyl (C=O) groups excluding carboxylic acids is 14. The Morgan fingerprint density at radius 2 is 1.48 bits per heavy atom. The van der Waals surface area contributed by atoms with Crippen molar-refractivity contribution >= 4 is 149 Å².